The molecule has 5 nitrogen and oxygen atoms in total. The van der Waals surface area contributed by atoms with Crippen molar-refractivity contribution in [3.8, 4) is 0 Å². The summed E-state index contributed by atoms with van der Waals surface area (Å²) in [5, 5.41) is 11.9. The standard InChI is InChI=1S/C25H26N4OS2/c1-17-13-22(18(2)28(17)15-19-7-4-3-5-8-19)23(30)16-32-25-27-26-24(29(25)20-10-11-20)14-21-9-6-12-31-21/h3-9,12-13,20H,10-11,14-16H2,1-2H3. The lowest BCUT2D eigenvalue weighted by atomic mass is 10.2. The molecule has 0 atom stereocenters. The molecule has 0 aliphatic heterocycles. The number of benzene rings is 1. The normalized spacial score (nSPS) is 13.6. The summed E-state index contributed by atoms with van der Waals surface area (Å²) in [5.74, 6) is 1.53. The highest BCUT2D eigenvalue weighted by Crippen LogP contribution is 2.39. The fraction of sp³-hybridized carbons (Fsp3) is 0.320. The van der Waals surface area contributed by atoms with Crippen LogP contribution < -0.4 is 0 Å². The summed E-state index contributed by atoms with van der Waals surface area (Å²) in [5.41, 5.74) is 4.18. The van der Waals surface area contributed by atoms with E-state index in [4.69, 9.17) is 0 Å². The molecule has 3 aromatic heterocycles. The van der Waals surface area contributed by atoms with Crippen LogP contribution in [-0.4, -0.2) is 30.9 Å². The van der Waals surface area contributed by atoms with Crippen molar-refractivity contribution < 1.29 is 4.79 Å². The van der Waals surface area contributed by atoms with Crippen LogP contribution in [0.15, 0.2) is 59.1 Å². The Kier molecular flexibility index (Phi) is 6.02. The molecule has 0 bridgehead atoms. The number of thioether (sulfide) groups is 1. The number of aryl methyl sites for hydroxylation is 1. The molecule has 1 fully saturated rings. The molecule has 5 rings (SSSR count). The van der Waals surface area contributed by atoms with Gasteiger partial charge in [-0.1, -0.05) is 48.2 Å². The van der Waals surface area contributed by atoms with Crippen LogP contribution in [0.2, 0.25) is 0 Å². The second-order valence-corrected chi connectivity index (χ2v) is 10.3. The van der Waals surface area contributed by atoms with Gasteiger partial charge in [0.05, 0.1) is 5.75 Å². The third kappa shape index (κ3) is 4.45. The van der Waals surface area contributed by atoms with Gasteiger partial charge in [0.1, 0.15) is 5.82 Å². The molecule has 1 aromatic carbocycles. The van der Waals surface area contributed by atoms with Crippen LogP contribution in [0.5, 0.6) is 0 Å². The third-order valence-electron chi connectivity index (χ3n) is 5.95. The molecule has 0 spiro atoms. The number of hydrogen-bond donors (Lipinski definition) is 0. The highest BCUT2D eigenvalue weighted by Gasteiger charge is 2.30. The average molecular weight is 463 g/mol. The zero-order chi connectivity index (χ0) is 22.1. The van der Waals surface area contributed by atoms with Crippen molar-refractivity contribution in [3.05, 3.63) is 87.1 Å². The van der Waals surface area contributed by atoms with Crippen LogP contribution in [-0.2, 0) is 13.0 Å². The topological polar surface area (TPSA) is 52.7 Å². The maximum Gasteiger partial charge on any atom is 0.191 e. The first-order valence-electron chi connectivity index (χ1n) is 10.9. The van der Waals surface area contributed by atoms with Gasteiger partial charge in [-0.05, 0) is 49.8 Å². The number of thiophene rings is 1. The molecular weight excluding hydrogens is 436 g/mol. The number of nitrogens with zero attached hydrogens (tertiary/aromatic N) is 4. The maximum absolute atomic E-state index is 13.1. The lowest BCUT2D eigenvalue weighted by Gasteiger charge is -2.10. The van der Waals surface area contributed by atoms with Gasteiger partial charge in [0.15, 0.2) is 10.9 Å². The van der Waals surface area contributed by atoms with Crippen LogP contribution in [0.25, 0.3) is 0 Å². The van der Waals surface area contributed by atoms with E-state index in [1.807, 2.05) is 19.1 Å². The first kappa shape index (κ1) is 21.2. The van der Waals surface area contributed by atoms with E-state index >= 15 is 0 Å². The van der Waals surface area contributed by atoms with Crippen molar-refractivity contribution in [1.29, 1.82) is 0 Å². The van der Waals surface area contributed by atoms with Crippen molar-refractivity contribution in [2.75, 3.05) is 5.75 Å². The molecule has 32 heavy (non-hydrogen) atoms. The summed E-state index contributed by atoms with van der Waals surface area (Å²) in [4.78, 5) is 14.4. The van der Waals surface area contributed by atoms with Crippen LogP contribution in [0.3, 0.4) is 0 Å². The van der Waals surface area contributed by atoms with Gasteiger partial charge in [0.25, 0.3) is 0 Å². The van der Waals surface area contributed by atoms with E-state index in [9.17, 15) is 4.79 Å². The molecule has 7 heteroatoms. The van der Waals surface area contributed by atoms with Crippen molar-refractivity contribution in [3.63, 3.8) is 0 Å². The van der Waals surface area contributed by atoms with Gasteiger partial charge in [-0.3, -0.25) is 4.79 Å². The van der Waals surface area contributed by atoms with Gasteiger partial charge >= 0.3 is 0 Å². The Morgan fingerprint density at radius 3 is 2.66 bits per heavy atom. The number of carbonyl (C=O) groups excluding carboxylic acids is 1. The van der Waals surface area contributed by atoms with Crippen molar-refractivity contribution >= 4 is 28.9 Å². The van der Waals surface area contributed by atoms with Gasteiger partial charge in [-0.15, -0.1) is 21.5 Å². The highest BCUT2D eigenvalue weighted by molar-refractivity contribution is 7.99. The summed E-state index contributed by atoms with van der Waals surface area (Å²) < 4.78 is 4.48. The van der Waals surface area contributed by atoms with Gasteiger partial charge in [-0.2, -0.15) is 0 Å². The minimum atomic E-state index is 0.146. The Balaban J connectivity index is 1.30. The van der Waals surface area contributed by atoms with E-state index in [0.717, 1.165) is 53.7 Å². The van der Waals surface area contributed by atoms with E-state index in [2.05, 4.69) is 68.0 Å². The lowest BCUT2D eigenvalue weighted by Crippen LogP contribution is -2.09. The Bertz CT molecular complexity index is 1220. The zero-order valence-corrected chi connectivity index (χ0v) is 20.0. The molecule has 0 N–H and O–H groups in total. The summed E-state index contributed by atoms with van der Waals surface area (Å²) in [6.45, 7) is 4.89. The zero-order valence-electron chi connectivity index (χ0n) is 18.3. The minimum absolute atomic E-state index is 0.146. The Morgan fingerprint density at radius 2 is 1.94 bits per heavy atom. The van der Waals surface area contributed by atoms with Gasteiger partial charge in [-0.25, -0.2) is 0 Å². The molecule has 4 aromatic rings. The lowest BCUT2D eigenvalue weighted by molar-refractivity contribution is 0.102. The quantitative estimate of drug-likeness (QED) is 0.236. The number of rotatable bonds is 9. The SMILES string of the molecule is Cc1cc(C(=O)CSc2nnc(Cc3cccs3)n2C2CC2)c(C)n1Cc1ccccc1. The van der Waals surface area contributed by atoms with Gasteiger partial charge in [0, 0.05) is 40.8 Å². The fourth-order valence-electron chi connectivity index (χ4n) is 4.10. The molecule has 3 heterocycles. The Labute approximate surface area is 196 Å². The van der Waals surface area contributed by atoms with E-state index in [-0.39, 0.29) is 5.78 Å². The minimum Gasteiger partial charge on any atom is -0.344 e. The Morgan fingerprint density at radius 1 is 1.12 bits per heavy atom. The molecule has 0 unspecified atom stereocenters. The largest absolute Gasteiger partial charge is 0.344 e. The second kappa shape index (κ2) is 9.08. The summed E-state index contributed by atoms with van der Waals surface area (Å²) >= 11 is 3.26. The fourth-order valence-corrected chi connectivity index (χ4v) is 5.70. The predicted octanol–water partition coefficient (Wildman–Crippen LogP) is 5.71. The maximum atomic E-state index is 13.1. The smallest absolute Gasteiger partial charge is 0.191 e. The third-order valence-corrected chi connectivity index (χ3v) is 7.77. The molecule has 0 saturated heterocycles. The highest BCUT2D eigenvalue weighted by atomic mass is 32.2. The number of hydrogen-bond acceptors (Lipinski definition) is 5. The molecule has 1 saturated carbocycles. The molecule has 1 aliphatic rings. The molecule has 0 radical (unpaired) electrons. The molecule has 164 valence electrons. The number of carbonyl (C=O) groups is 1. The predicted molar refractivity (Wildman–Crippen MR) is 130 cm³/mol. The van der Waals surface area contributed by atoms with Gasteiger partial charge in [0.2, 0.25) is 0 Å². The number of ketones is 1. The summed E-state index contributed by atoms with van der Waals surface area (Å²) in [6.07, 6.45) is 3.13. The molecule has 1 aliphatic carbocycles. The summed E-state index contributed by atoms with van der Waals surface area (Å²) in [6, 6.07) is 17.1. The van der Waals surface area contributed by atoms with E-state index < -0.39 is 0 Å². The first-order valence-corrected chi connectivity index (χ1v) is 12.8. The van der Waals surface area contributed by atoms with E-state index in [0.29, 0.717) is 11.8 Å². The van der Waals surface area contributed by atoms with E-state index in [1.165, 1.54) is 22.2 Å². The van der Waals surface area contributed by atoms with Crippen molar-refractivity contribution in [1.82, 2.24) is 19.3 Å². The number of Topliss-reactive ketones (excluding diaryl/α,β-unsaturated/α-hetero) is 1. The second-order valence-electron chi connectivity index (χ2n) is 8.32. The average Bonchev–Trinajstić information content (AvgIpc) is 3.23. The van der Waals surface area contributed by atoms with Gasteiger partial charge < -0.3 is 9.13 Å². The Hall–Kier alpha value is -2.64. The van der Waals surface area contributed by atoms with Crippen LogP contribution in [0.1, 0.15) is 56.9 Å². The van der Waals surface area contributed by atoms with Crippen molar-refractivity contribution in [2.45, 2.75) is 50.9 Å². The van der Waals surface area contributed by atoms with Crippen LogP contribution in [0, 0.1) is 13.8 Å². The molecular formula is C25H26N4OS2. The monoisotopic (exact) mass is 462 g/mol. The first-order chi connectivity index (χ1) is 15.6. The summed E-state index contributed by atoms with van der Waals surface area (Å²) in [7, 11) is 0. The van der Waals surface area contributed by atoms with E-state index in [1.54, 1.807) is 11.3 Å². The number of aromatic nitrogens is 4. The van der Waals surface area contributed by atoms with Crippen molar-refractivity contribution in [2.24, 2.45) is 0 Å². The molecule has 0 amide bonds. The van der Waals surface area contributed by atoms with Crippen LogP contribution >= 0.6 is 23.1 Å². The van der Waals surface area contributed by atoms with Crippen LogP contribution in [0.4, 0.5) is 0 Å².